The van der Waals surface area contributed by atoms with Crippen molar-refractivity contribution in [2.75, 3.05) is 13.2 Å². The summed E-state index contributed by atoms with van der Waals surface area (Å²) in [5.74, 6) is -0.627. The Bertz CT molecular complexity index is 373. The van der Waals surface area contributed by atoms with Gasteiger partial charge in [-0.25, -0.2) is 0 Å². The Morgan fingerprint density at radius 2 is 0.907 bits per heavy atom. The molecule has 1 heterocycles. The zero-order chi connectivity index (χ0) is 31.2. The van der Waals surface area contributed by atoms with Gasteiger partial charge in [-0.2, -0.15) is 16.0 Å². The van der Waals surface area contributed by atoms with Crippen molar-refractivity contribution >= 4 is 65.3 Å². The van der Waals surface area contributed by atoms with Crippen LogP contribution in [0.25, 0.3) is 0 Å². The number of ether oxygens (including phenoxy) is 1. The fourth-order valence-corrected chi connectivity index (χ4v) is 2.57. The molecule has 0 amide bonds. The average molecular weight is 715 g/mol. The van der Waals surface area contributed by atoms with Crippen LogP contribution in [-0.4, -0.2) is 71.2 Å². The van der Waals surface area contributed by atoms with E-state index < -0.39 is 5.97 Å². The van der Waals surface area contributed by atoms with Gasteiger partial charge in [-0.1, -0.05) is 58.3 Å². The number of unbranched alkanes of at least 4 members (excludes halogenated alkanes) is 1. The van der Waals surface area contributed by atoms with Crippen molar-refractivity contribution in [3.8, 4) is 0 Å². The molecule has 1 aliphatic heterocycles. The average Bonchev–Trinajstić information content (AvgIpc) is 3.82. The molecule has 1 saturated heterocycles. The maximum absolute atomic E-state index is 10.2. The molecular weight excluding hydrogens is 665 g/mol. The van der Waals surface area contributed by atoms with E-state index in [1.54, 1.807) is 0 Å². The van der Waals surface area contributed by atoms with Gasteiger partial charge in [0.15, 0.2) is 0 Å². The van der Waals surface area contributed by atoms with Gasteiger partial charge in [-0.15, -0.1) is 12.4 Å². The second-order valence-electron chi connectivity index (χ2n) is 6.34. The van der Waals surface area contributed by atoms with Crippen LogP contribution in [-0.2, 0) is 82.0 Å². The first-order valence-corrected chi connectivity index (χ1v) is 11.1. The third kappa shape index (κ3) is 142. The van der Waals surface area contributed by atoms with E-state index in [4.69, 9.17) is 48.2 Å². The second kappa shape index (κ2) is 136. The Balaban J connectivity index is -0.0000000185. The minimum absolute atomic E-state index is 0. The van der Waals surface area contributed by atoms with Crippen molar-refractivity contribution in [1.82, 2.24) is 0 Å². The van der Waals surface area contributed by atoms with Crippen LogP contribution >= 0.6 is 12.4 Å². The summed E-state index contributed by atoms with van der Waals surface area (Å²) in [5.41, 5.74) is 0. The first-order valence-electron chi connectivity index (χ1n) is 11.1. The molecule has 0 aromatic carbocycles. The second-order valence-corrected chi connectivity index (χ2v) is 6.34. The molecule has 3 fully saturated rings. The van der Waals surface area contributed by atoms with Gasteiger partial charge in [0.05, 0.1) is 5.92 Å². The summed E-state index contributed by atoms with van der Waals surface area (Å²) in [5, 5.41) is 8.41. The summed E-state index contributed by atoms with van der Waals surface area (Å²) < 4.78 is 4.94. The molecular formula is C28H50ClLiMn2O11-8. The molecule has 0 spiro atoms. The Hall–Kier alpha value is -1.24. The predicted molar refractivity (Wildman–Crippen MR) is 159 cm³/mol. The van der Waals surface area contributed by atoms with E-state index in [2.05, 4.69) is 54.6 Å². The maximum atomic E-state index is 10.2. The van der Waals surface area contributed by atoms with Crippen molar-refractivity contribution < 1.29 is 106 Å². The number of hydrogen-bond donors (Lipinski definition) is 1. The van der Waals surface area contributed by atoms with Crippen molar-refractivity contribution in [3.05, 3.63) is 21.8 Å². The summed E-state index contributed by atoms with van der Waals surface area (Å²) in [7, 11) is 0. The van der Waals surface area contributed by atoms with E-state index in [1.165, 1.54) is 51.4 Å². The predicted octanol–water partition coefficient (Wildman–Crippen LogP) is 1.72. The van der Waals surface area contributed by atoms with Gasteiger partial charge in [-0.05, 0) is 25.7 Å². The molecule has 3 rings (SSSR count). The number of rotatable bonds is 2. The van der Waals surface area contributed by atoms with Gasteiger partial charge >= 0.3 is 31.0 Å². The number of carboxylic acid groups (broad SMARTS) is 1. The number of halogens is 1. The van der Waals surface area contributed by atoms with E-state index >= 15 is 0 Å². The SMILES string of the molecule is C1CCCC1.C1CCOC1.Cl.O=C(O)C1CCCC1.O=C=O.[CH-]=O.[CH-]=O.[CH-]=O.[CH-]=O.[CH-]=O.[CH-]=O.[CH2-]CCC.[CH3-].[CH3-].[Li+].[Mn].[Mn]. The first kappa shape index (κ1) is 90.0. The summed E-state index contributed by atoms with van der Waals surface area (Å²) in [4.78, 5) is 73.0. The monoisotopic (exact) mass is 714 g/mol. The third-order valence-corrected chi connectivity index (χ3v) is 4.14. The van der Waals surface area contributed by atoms with Crippen LogP contribution < -0.4 is 18.9 Å². The summed E-state index contributed by atoms with van der Waals surface area (Å²) >= 11 is 0. The molecule has 11 nitrogen and oxygen atoms in total. The van der Waals surface area contributed by atoms with E-state index in [1.807, 2.05) is 0 Å². The molecule has 43 heavy (non-hydrogen) atoms. The number of aliphatic carboxylic acids is 1. The van der Waals surface area contributed by atoms with Gasteiger partial charge < -0.3 is 60.4 Å². The van der Waals surface area contributed by atoms with Crippen LogP contribution in [0.4, 0.5) is 0 Å². The van der Waals surface area contributed by atoms with Crippen LogP contribution in [0.15, 0.2) is 0 Å². The minimum atomic E-state index is -0.609. The number of carbonyl (C=O) groups is 1. The van der Waals surface area contributed by atoms with Crippen molar-refractivity contribution in [3.63, 3.8) is 0 Å². The van der Waals surface area contributed by atoms with Crippen LogP contribution in [0.5, 0.6) is 0 Å². The van der Waals surface area contributed by atoms with Gasteiger partial charge in [0, 0.05) is 47.4 Å². The first-order chi connectivity index (χ1) is 18.1. The molecule has 3 aliphatic rings. The molecule has 2 radical (unpaired) electrons. The number of carbonyl (C=O) groups excluding carboxylic acids is 8. The normalized spacial score (nSPS) is 11.0. The largest absolute Gasteiger partial charge is 1.00 e. The molecule has 0 aromatic heterocycles. The van der Waals surface area contributed by atoms with Crippen LogP contribution in [0, 0.1) is 27.7 Å². The van der Waals surface area contributed by atoms with Gasteiger partial charge in [0.25, 0.3) is 0 Å². The molecule has 15 heteroatoms. The third-order valence-electron chi connectivity index (χ3n) is 4.14. The maximum Gasteiger partial charge on any atom is 1.00 e. The zero-order valence-electron chi connectivity index (χ0n) is 26.0. The summed E-state index contributed by atoms with van der Waals surface area (Å²) in [6, 6.07) is 0. The minimum Gasteiger partial charge on any atom is -0.545 e. The molecule has 0 atom stereocenters. The smallest absolute Gasteiger partial charge is 0.545 e. The Kier molecular flexibility index (Phi) is 285. The van der Waals surface area contributed by atoms with E-state index in [9.17, 15) is 4.79 Å². The molecule has 258 valence electrons. The molecule has 0 aromatic rings. The fourth-order valence-electron chi connectivity index (χ4n) is 2.57. The molecule has 2 saturated carbocycles. The van der Waals surface area contributed by atoms with Crippen molar-refractivity contribution in [2.45, 2.75) is 90.4 Å². The van der Waals surface area contributed by atoms with E-state index in [0.717, 1.165) is 45.3 Å². The van der Waals surface area contributed by atoms with Crippen LogP contribution in [0.3, 0.4) is 0 Å². The zero-order valence-corrected chi connectivity index (χ0v) is 29.2. The topological polar surface area (TPSA) is 183 Å². The van der Waals surface area contributed by atoms with Gasteiger partial charge in [0.1, 0.15) is 0 Å². The van der Waals surface area contributed by atoms with Crippen molar-refractivity contribution in [2.24, 2.45) is 5.92 Å². The van der Waals surface area contributed by atoms with Gasteiger partial charge in [-0.3, -0.25) is 45.5 Å². The Labute approximate surface area is 301 Å². The van der Waals surface area contributed by atoms with Crippen LogP contribution in [0.1, 0.15) is 90.4 Å². The van der Waals surface area contributed by atoms with E-state index in [-0.39, 0.29) is 92.3 Å². The molecule has 1 N–H and O–H groups in total. The Morgan fingerprint density at radius 3 is 1.00 bits per heavy atom. The van der Waals surface area contributed by atoms with E-state index in [0.29, 0.717) is 0 Å². The molecule has 2 aliphatic carbocycles. The Morgan fingerprint density at radius 1 is 0.698 bits per heavy atom. The standard InChI is InChI=1S/C6H10O2.C5H10.C4H8O.C4H9.CO2.6CHO.2CH3.ClH.Li.2Mn/c7-6(8)5-3-1-2-4-5;2*1-2-4-5-3-1;1-3-4-2;2-1-3;6*1-2;;;;;;/h5H,1-4H2,(H,7,8);1-5H2;1-4H2;1,3-4H2,2H3;;6*1H;2*1H3;1H;;;/q;;;-1;;8*-1;;+1;;. The van der Waals surface area contributed by atoms with Gasteiger partial charge in [0.2, 0.25) is 0 Å². The quantitative estimate of drug-likeness (QED) is 0.250. The summed E-state index contributed by atoms with van der Waals surface area (Å²) in [6.07, 6.45) is 16.6. The number of hydrogen-bond acceptors (Lipinski definition) is 10. The number of carboxylic acids is 1. The van der Waals surface area contributed by atoms with Crippen LogP contribution in [0.2, 0.25) is 0 Å². The summed E-state index contributed by atoms with van der Waals surface area (Å²) in [6.45, 7) is 27.2. The van der Waals surface area contributed by atoms with Crippen molar-refractivity contribution in [1.29, 1.82) is 0 Å². The molecule has 0 bridgehead atoms. The molecule has 0 unspecified atom stereocenters. The fraction of sp³-hybridized carbons (Fsp3) is 0.607.